The van der Waals surface area contributed by atoms with Crippen LogP contribution in [0.2, 0.25) is 0 Å². The number of nitrogens with zero attached hydrogens (tertiary/aromatic N) is 1. The number of halogens is 3. The van der Waals surface area contributed by atoms with Crippen LogP contribution in [0, 0.1) is 6.92 Å². The van der Waals surface area contributed by atoms with Gasteiger partial charge in [0.25, 0.3) is 0 Å². The lowest BCUT2D eigenvalue weighted by molar-refractivity contribution is -0.138. The second-order valence-corrected chi connectivity index (χ2v) is 5.57. The van der Waals surface area contributed by atoms with Crippen molar-refractivity contribution in [3.63, 3.8) is 0 Å². The van der Waals surface area contributed by atoms with E-state index in [1.54, 1.807) is 13.0 Å². The molecule has 1 saturated heterocycles. The Morgan fingerprint density at radius 1 is 1.26 bits per heavy atom. The van der Waals surface area contributed by atoms with Crippen LogP contribution in [-0.2, 0) is 12.6 Å². The molecule has 104 valence electrons. The number of rotatable bonds is 0. The summed E-state index contributed by atoms with van der Waals surface area (Å²) in [5, 5.41) is 3.34. The Labute approximate surface area is 110 Å². The molecule has 0 saturated carbocycles. The fraction of sp³-hybridized carbons (Fsp3) is 0.571. The fourth-order valence-electron chi connectivity index (χ4n) is 3.34. The second kappa shape index (κ2) is 4.13. The van der Waals surface area contributed by atoms with E-state index in [-0.39, 0.29) is 6.04 Å². The zero-order valence-corrected chi connectivity index (χ0v) is 11.0. The molecule has 2 aliphatic rings. The van der Waals surface area contributed by atoms with Gasteiger partial charge in [-0.05, 0) is 37.5 Å². The van der Waals surface area contributed by atoms with E-state index >= 15 is 0 Å². The quantitative estimate of drug-likeness (QED) is 0.780. The molecular formula is C14H17F3N2. The van der Waals surface area contributed by atoms with Crippen LogP contribution in [0.15, 0.2) is 12.1 Å². The van der Waals surface area contributed by atoms with Crippen molar-refractivity contribution in [1.82, 2.24) is 5.32 Å². The number of hydrogen-bond donors (Lipinski definition) is 1. The first-order chi connectivity index (χ1) is 8.88. The number of hydrogen-bond acceptors (Lipinski definition) is 2. The van der Waals surface area contributed by atoms with Gasteiger partial charge in [0.15, 0.2) is 0 Å². The molecule has 2 aliphatic heterocycles. The molecule has 0 aliphatic carbocycles. The maximum Gasteiger partial charge on any atom is 0.416 e. The number of piperazine rings is 1. The third kappa shape index (κ3) is 2.00. The number of aryl methyl sites for hydroxylation is 1. The summed E-state index contributed by atoms with van der Waals surface area (Å²) in [6.07, 6.45) is -3.43. The van der Waals surface area contributed by atoms with Crippen LogP contribution < -0.4 is 10.2 Å². The highest BCUT2D eigenvalue weighted by atomic mass is 19.4. The van der Waals surface area contributed by atoms with E-state index in [2.05, 4.69) is 17.1 Å². The van der Waals surface area contributed by atoms with Crippen molar-refractivity contribution >= 4 is 5.69 Å². The maximum absolute atomic E-state index is 13.0. The Kier molecular flexibility index (Phi) is 2.78. The van der Waals surface area contributed by atoms with Gasteiger partial charge >= 0.3 is 6.18 Å². The molecule has 0 bridgehead atoms. The Balaban J connectivity index is 2.08. The molecule has 1 fully saturated rings. The van der Waals surface area contributed by atoms with Crippen molar-refractivity contribution in [2.24, 2.45) is 0 Å². The van der Waals surface area contributed by atoms with Crippen LogP contribution in [0.3, 0.4) is 0 Å². The SMILES string of the molecule is Cc1cc2c(cc1C(F)(F)F)N1[C@H](CNC[C@H]1C)C2. The van der Waals surface area contributed by atoms with Crippen molar-refractivity contribution in [3.8, 4) is 0 Å². The second-order valence-electron chi connectivity index (χ2n) is 5.57. The summed E-state index contributed by atoms with van der Waals surface area (Å²) in [5.74, 6) is 0. The van der Waals surface area contributed by atoms with E-state index in [9.17, 15) is 13.2 Å². The fourth-order valence-corrected chi connectivity index (χ4v) is 3.34. The molecule has 2 heterocycles. The molecule has 0 spiro atoms. The van der Waals surface area contributed by atoms with Gasteiger partial charge < -0.3 is 10.2 Å². The van der Waals surface area contributed by atoms with E-state index in [1.165, 1.54) is 6.07 Å². The van der Waals surface area contributed by atoms with Gasteiger partial charge in [-0.25, -0.2) is 0 Å². The van der Waals surface area contributed by atoms with Crippen molar-refractivity contribution < 1.29 is 13.2 Å². The molecule has 2 atom stereocenters. The third-order valence-corrected chi connectivity index (χ3v) is 4.15. The minimum atomic E-state index is -4.27. The molecule has 0 radical (unpaired) electrons. The van der Waals surface area contributed by atoms with E-state index in [0.29, 0.717) is 11.6 Å². The van der Waals surface area contributed by atoms with Crippen molar-refractivity contribution in [2.75, 3.05) is 18.0 Å². The standard InChI is InChI=1S/C14H17F3N2/c1-8-3-10-4-11-7-18-6-9(2)19(11)13(10)5-12(8)14(15,16)17/h3,5,9,11,18H,4,6-7H2,1-2H3/t9-,11+/m1/s1. The lowest BCUT2D eigenvalue weighted by Crippen LogP contribution is -2.54. The summed E-state index contributed by atoms with van der Waals surface area (Å²) in [6.45, 7) is 5.27. The molecular weight excluding hydrogens is 253 g/mol. The topological polar surface area (TPSA) is 15.3 Å². The van der Waals surface area contributed by atoms with Gasteiger partial charge in [0.05, 0.1) is 5.56 Å². The number of benzene rings is 1. The Bertz CT molecular complexity index is 510. The van der Waals surface area contributed by atoms with Crippen LogP contribution >= 0.6 is 0 Å². The Morgan fingerprint density at radius 2 is 2.00 bits per heavy atom. The Hall–Kier alpha value is -1.23. The lowest BCUT2D eigenvalue weighted by Gasteiger charge is -2.38. The largest absolute Gasteiger partial charge is 0.416 e. The molecule has 3 rings (SSSR count). The summed E-state index contributed by atoms with van der Waals surface area (Å²) in [7, 11) is 0. The average Bonchev–Trinajstić information content (AvgIpc) is 2.64. The molecule has 0 aromatic heterocycles. The minimum absolute atomic E-state index is 0.240. The first kappa shape index (κ1) is 12.8. The predicted octanol–water partition coefficient (Wildman–Crippen LogP) is 2.74. The highest BCUT2D eigenvalue weighted by Gasteiger charge is 2.39. The van der Waals surface area contributed by atoms with Crippen molar-refractivity contribution in [1.29, 1.82) is 0 Å². The van der Waals surface area contributed by atoms with Crippen molar-refractivity contribution in [3.05, 3.63) is 28.8 Å². The van der Waals surface area contributed by atoms with Crippen LogP contribution in [0.1, 0.15) is 23.6 Å². The van der Waals surface area contributed by atoms with Gasteiger partial charge in [-0.2, -0.15) is 13.2 Å². The first-order valence-corrected chi connectivity index (χ1v) is 6.57. The van der Waals surface area contributed by atoms with E-state index in [1.807, 2.05) is 0 Å². The smallest absolute Gasteiger partial charge is 0.363 e. The van der Waals surface area contributed by atoms with Gasteiger partial charge in [-0.1, -0.05) is 6.07 Å². The van der Waals surface area contributed by atoms with Gasteiger partial charge in [-0.15, -0.1) is 0 Å². The minimum Gasteiger partial charge on any atom is -0.363 e. The zero-order valence-electron chi connectivity index (χ0n) is 11.0. The zero-order chi connectivity index (χ0) is 13.8. The van der Waals surface area contributed by atoms with Crippen LogP contribution in [-0.4, -0.2) is 25.2 Å². The van der Waals surface area contributed by atoms with Crippen LogP contribution in [0.4, 0.5) is 18.9 Å². The normalized spacial score (nSPS) is 26.3. The number of fused-ring (bicyclic) bond motifs is 3. The molecule has 5 heteroatoms. The van der Waals surface area contributed by atoms with Crippen LogP contribution in [0.25, 0.3) is 0 Å². The number of nitrogens with one attached hydrogen (secondary N) is 1. The van der Waals surface area contributed by atoms with E-state index in [0.717, 1.165) is 30.8 Å². The highest BCUT2D eigenvalue weighted by Crippen LogP contribution is 2.41. The van der Waals surface area contributed by atoms with Crippen LogP contribution in [0.5, 0.6) is 0 Å². The highest BCUT2D eigenvalue weighted by molar-refractivity contribution is 5.64. The summed E-state index contributed by atoms with van der Waals surface area (Å²) in [6, 6.07) is 3.58. The Morgan fingerprint density at radius 3 is 2.68 bits per heavy atom. The monoisotopic (exact) mass is 270 g/mol. The van der Waals surface area contributed by atoms with E-state index < -0.39 is 11.7 Å². The number of alkyl halides is 3. The molecule has 19 heavy (non-hydrogen) atoms. The summed E-state index contributed by atoms with van der Waals surface area (Å²) in [5.41, 5.74) is 1.65. The van der Waals surface area contributed by atoms with Gasteiger partial charge in [0.2, 0.25) is 0 Å². The van der Waals surface area contributed by atoms with Gasteiger partial charge in [-0.3, -0.25) is 0 Å². The molecule has 0 amide bonds. The number of anilines is 1. The van der Waals surface area contributed by atoms with Gasteiger partial charge in [0, 0.05) is 30.9 Å². The lowest BCUT2D eigenvalue weighted by atomic mass is 10.0. The summed E-state index contributed by atoms with van der Waals surface area (Å²) < 4.78 is 39.0. The first-order valence-electron chi connectivity index (χ1n) is 6.57. The summed E-state index contributed by atoms with van der Waals surface area (Å²) in [4.78, 5) is 2.15. The average molecular weight is 270 g/mol. The predicted molar refractivity (Wildman–Crippen MR) is 68.5 cm³/mol. The molecule has 1 N–H and O–H groups in total. The molecule has 1 aromatic carbocycles. The van der Waals surface area contributed by atoms with Crippen molar-refractivity contribution in [2.45, 2.75) is 38.5 Å². The maximum atomic E-state index is 13.0. The summed E-state index contributed by atoms with van der Waals surface area (Å²) >= 11 is 0. The molecule has 0 unspecified atom stereocenters. The van der Waals surface area contributed by atoms with Gasteiger partial charge in [0.1, 0.15) is 0 Å². The third-order valence-electron chi connectivity index (χ3n) is 4.15. The molecule has 2 nitrogen and oxygen atoms in total. The van der Waals surface area contributed by atoms with E-state index in [4.69, 9.17) is 0 Å². The molecule has 1 aromatic rings.